The van der Waals surface area contributed by atoms with Crippen molar-refractivity contribution >= 4 is 23.1 Å². The van der Waals surface area contributed by atoms with Gasteiger partial charge in [-0.2, -0.15) is 0 Å². The lowest BCUT2D eigenvalue weighted by atomic mass is 10.2. The highest BCUT2D eigenvalue weighted by Gasteiger charge is 2.15. The fourth-order valence-electron chi connectivity index (χ4n) is 1.77. The first-order valence-electron chi connectivity index (χ1n) is 5.45. The van der Waals surface area contributed by atoms with E-state index in [2.05, 4.69) is 9.97 Å². The number of nitrogens with zero attached hydrogens (tertiary/aromatic N) is 2. The normalized spacial score (nSPS) is 11.1. The number of aromatic nitrogens is 2. The number of aryl methyl sites for hydroxylation is 1. The first-order chi connectivity index (χ1) is 7.99. The first kappa shape index (κ1) is 11.4. The van der Waals surface area contributed by atoms with Crippen LogP contribution >= 0.6 is 0 Å². The van der Waals surface area contributed by atoms with Crippen LogP contribution < -0.4 is 10.0 Å². The monoisotopic (exact) mass is 232 g/mol. The van der Waals surface area contributed by atoms with Crippen molar-refractivity contribution in [3.63, 3.8) is 0 Å². The molecular weight excluding hydrogens is 218 g/mol. The summed E-state index contributed by atoms with van der Waals surface area (Å²) in [6.07, 6.45) is -1.25. The van der Waals surface area contributed by atoms with Crippen LogP contribution in [-0.4, -0.2) is 22.1 Å². The van der Waals surface area contributed by atoms with Crippen LogP contribution in [0.5, 0.6) is 0 Å². The zero-order chi connectivity index (χ0) is 12.6. The van der Waals surface area contributed by atoms with Crippen molar-refractivity contribution in [2.24, 2.45) is 0 Å². The maximum Gasteiger partial charge on any atom is 0.209 e. The molecule has 0 spiro atoms. The molecule has 2 rings (SSSR count). The quantitative estimate of drug-likeness (QED) is 0.851. The van der Waals surface area contributed by atoms with Crippen LogP contribution in [-0.2, 0) is 0 Å². The maximum atomic E-state index is 11.0. The third-order valence-electron chi connectivity index (χ3n) is 2.57. The number of imidazole rings is 1. The largest absolute Gasteiger partial charge is 0.530 e. The molecule has 0 unspecified atom stereocenters. The highest BCUT2D eigenvalue weighted by Crippen LogP contribution is 2.19. The minimum Gasteiger partial charge on any atom is -0.530 e. The van der Waals surface area contributed by atoms with E-state index in [1.807, 2.05) is 25.1 Å². The molecule has 0 radical (unpaired) electrons. The first-order valence-corrected chi connectivity index (χ1v) is 5.45. The van der Waals surface area contributed by atoms with Gasteiger partial charge in [-0.3, -0.25) is 4.90 Å². The molecule has 1 amide bonds. The van der Waals surface area contributed by atoms with E-state index in [1.54, 1.807) is 13.8 Å². The molecule has 0 fully saturated rings. The van der Waals surface area contributed by atoms with E-state index in [1.165, 1.54) is 0 Å². The Hall–Kier alpha value is -2.04. The molecule has 0 atom stereocenters. The van der Waals surface area contributed by atoms with E-state index in [0.29, 0.717) is 5.95 Å². The molecule has 1 N–H and O–H groups in total. The summed E-state index contributed by atoms with van der Waals surface area (Å²) in [7, 11) is 0. The third kappa shape index (κ3) is 2.08. The molecular formula is C12H14N3O2-. The van der Waals surface area contributed by atoms with Crippen LogP contribution in [0.15, 0.2) is 18.2 Å². The van der Waals surface area contributed by atoms with Gasteiger partial charge in [0.2, 0.25) is 5.95 Å². The Morgan fingerprint density at radius 3 is 2.76 bits per heavy atom. The summed E-state index contributed by atoms with van der Waals surface area (Å²) in [6, 6.07) is 5.51. The van der Waals surface area contributed by atoms with Gasteiger partial charge < -0.3 is 14.9 Å². The van der Waals surface area contributed by atoms with Crippen LogP contribution in [0.4, 0.5) is 10.7 Å². The number of hydrogen-bond acceptors (Lipinski definition) is 3. The smallest absolute Gasteiger partial charge is 0.209 e. The third-order valence-corrected chi connectivity index (χ3v) is 2.57. The van der Waals surface area contributed by atoms with E-state index in [-0.39, 0.29) is 6.04 Å². The minimum absolute atomic E-state index is 0.221. The predicted octanol–water partition coefficient (Wildman–Crippen LogP) is 1.43. The topological polar surface area (TPSA) is 72.1 Å². The second-order valence-electron chi connectivity index (χ2n) is 4.31. The Kier molecular flexibility index (Phi) is 2.75. The average Bonchev–Trinajstić information content (AvgIpc) is 2.58. The fourth-order valence-corrected chi connectivity index (χ4v) is 1.77. The number of benzene rings is 1. The molecule has 17 heavy (non-hydrogen) atoms. The van der Waals surface area contributed by atoms with Crippen LogP contribution in [0.2, 0.25) is 0 Å². The molecule has 5 heteroatoms. The number of anilines is 1. The van der Waals surface area contributed by atoms with Crippen molar-refractivity contribution in [2.75, 3.05) is 4.90 Å². The van der Waals surface area contributed by atoms with Crippen molar-refractivity contribution in [3.8, 4) is 0 Å². The number of H-pyrrole nitrogens is 1. The average molecular weight is 232 g/mol. The van der Waals surface area contributed by atoms with Gasteiger partial charge in [-0.1, -0.05) is 6.07 Å². The molecule has 0 saturated heterocycles. The van der Waals surface area contributed by atoms with Gasteiger partial charge >= 0.3 is 0 Å². The molecule has 0 saturated carbocycles. The van der Waals surface area contributed by atoms with E-state index in [4.69, 9.17) is 0 Å². The predicted molar refractivity (Wildman–Crippen MR) is 63.8 cm³/mol. The lowest BCUT2D eigenvalue weighted by Crippen LogP contribution is -2.46. The molecule has 1 aromatic heterocycles. The molecule has 2 aromatic rings. The van der Waals surface area contributed by atoms with E-state index < -0.39 is 6.09 Å². The zero-order valence-electron chi connectivity index (χ0n) is 10.0. The Balaban J connectivity index is 2.51. The number of carbonyl (C=O) groups excluding carboxylic acids is 1. The van der Waals surface area contributed by atoms with E-state index >= 15 is 0 Å². The zero-order valence-corrected chi connectivity index (χ0v) is 10.0. The van der Waals surface area contributed by atoms with Gasteiger partial charge in [-0.05, 0) is 38.5 Å². The van der Waals surface area contributed by atoms with Crippen LogP contribution in [0.25, 0.3) is 11.0 Å². The highest BCUT2D eigenvalue weighted by atomic mass is 16.4. The van der Waals surface area contributed by atoms with Gasteiger partial charge in [-0.25, -0.2) is 4.98 Å². The van der Waals surface area contributed by atoms with Gasteiger partial charge in [0.1, 0.15) is 6.09 Å². The van der Waals surface area contributed by atoms with Crippen molar-refractivity contribution in [3.05, 3.63) is 23.8 Å². The Morgan fingerprint density at radius 1 is 1.47 bits per heavy atom. The number of fused-ring (bicyclic) bond motifs is 1. The van der Waals surface area contributed by atoms with Crippen LogP contribution in [0, 0.1) is 6.92 Å². The van der Waals surface area contributed by atoms with E-state index in [0.717, 1.165) is 21.5 Å². The second-order valence-corrected chi connectivity index (χ2v) is 4.31. The number of aromatic amines is 1. The molecule has 1 heterocycles. The van der Waals surface area contributed by atoms with Crippen molar-refractivity contribution < 1.29 is 9.90 Å². The highest BCUT2D eigenvalue weighted by molar-refractivity contribution is 5.86. The van der Waals surface area contributed by atoms with Gasteiger partial charge in [0.25, 0.3) is 0 Å². The molecule has 0 aliphatic heterocycles. The lowest BCUT2D eigenvalue weighted by molar-refractivity contribution is -0.247. The van der Waals surface area contributed by atoms with Gasteiger partial charge in [0, 0.05) is 6.04 Å². The Labute approximate surface area is 99.1 Å². The standard InChI is InChI=1S/C12H15N3O2/c1-7(2)15(12(16)17)11-13-9-5-4-8(3)6-10(9)14-11/h4-7H,1-3H3,(H,13,14)(H,16,17)/p-1. The minimum atomic E-state index is -1.25. The number of carboxylic acid groups (broad SMARTS) is 1. The van der Waals surface area contributed by atoms with E-state index in [9.17, 15) is 9.90 Å². The summed E-state index contributed by atoms with van der Waals surface area (Å²) in [5.41, 5.74) is 2.67. The van der Waals surface area contributed by atoms with Crippen LogP contribution in [0.3, 0.4) is 0 Å². The molecule has 0 aliphatic carbocycles. The summed E-state index contributed by atoms with van der Waals surface area (Å²) in [6.45, 7) is 5.52. The Morgan fingerprint density at radius 2 is 2.18 bits per heavy atom. The SMILES string of the molecule is Cc1ccc2nc(N(C(=O)[O-])C(C)C)[nH]c2c1. The molecule has 5 nitrogen and oxygen atoms in total. The molecule has 0 bridgehead atoms. The molecule has 0 aliphatic rings. The summed E-state index contributed by atoms with van der Waals surface area (Å²) in [5.74, 6) is 0.306. The van der Waals surface area contributed by atoms with Crippen molar-refractivity contribution in [1.82, 2.24) is 9.97 Å². The number of carbonyl (C=O) groups is 1. The number of amides is 1. The summed E-state index contributed by atoms with van der Waals surface area (Å²) >= 11 is 0. The van der Waals surface area contributed by atoms with Crippen molar-refractivity contribution in [1.29, 1.82) is 0 Å². The number of nitrogens with one attached hydrogen (secondary N) is 1. The molecule has 90 valence electrons. The summed E-state index contributed by atoms with van der Waals surface area (Å²) in [4.78, 5) is 19.4. The fraction of sp³-hybridized carbons (Fsp3) is 0.333. The maximum absolute atomic E-state index is 11.0. The van der Waals surface area contributed by atoms with Gasteiger partial charge in [0.15, 0.2) is 0 Å². The number of hydrogen-bond donors (Lipinski definition) is 1. The van der Waals surface area contributed by atoms with Gasteiger partial charge in [-0.15, -0.1) is 0 Å². The molecule has 1 aromatic carbocycles. The van der Waals surface area contributed by atoms with Crippen molar-refractivity contribution in [2.45, 2.75) is 26.8 Å². The van der Waals surface area contributed by atoms with Crippen LogP contribution in [0.1, 0.15) is 19.4 Å². The van der Waals surface area contributed by atoms with Gasteiger partial charge in [0.05, 0.1) is 11.0 Å². The summed E-state index contributed by atoms with van der Waals surface area (Å²) < 4.78 is 0. The lowest BCUT2D eigenvalue weighted by Gasteiger charge is -2.26. The number of rotatable bonds is 2. The second kappa shape index (κ2) is 4.08. The summed E-state index contributed by atoms with van der Waals surface area (Å²) in [5, 5.41) is 11.0. The Bertz CT molecular complexity index is 560.